The lowest BCUT2D eigenvalue weighted by molar-refractivity contribution is -0.142. The lowest BCUT2D eigenvalue weighted by Gasteiger charge is -2.20. The molecule has 0 saturated carbocycles. The quantitative estimate of drug-likeness (QED) is 0.301. The lowest BCUT2D eigenvalue weighted by Crippen LogP contribution is -2.46. The standard InChI is InChI=1S/C28H26N2O4S/c31-26(30-25(27(32)33)16-21-17-29-24-14-8-7-13-23(21)24)22(15-19-9-3-1-4-10-19)18-35-28(34)20-11-5-2-6-12-20/h1-14,17,22,25,29H,15-16,18H2,(H,30,31)(H,32,33)/t22-,25+/m1/s1. The van der Waals surface area contributed by atoms with Gasteiger partial charge in [-0.2, -0.15) is 0 Å². The Morgan fingerprint density at radius 2 is 1.51 bits per heavy atom. The molecule has 0 unspecified atom stereocenters. The van der Waals surface area contributed by atoms with Crippen molar-refractivity contribution in [2.45, 2.75) is 18.9 Å². The summed E-state index contributed by atoms with van der Waals surface area (Å²) < 4.78 is 0. The number of hydrogen-bond acceptors (Lipinski definition) is 4. The number of H-pyrrole nitrogens is 1. The minimum Gasteiger partial charge on any atom is -0.480 e. The fraction of sp³-hybridized carbons (Fsp3) is 0.179. The number of nitrogens with one attached hydrogen (secondary N) is 2. The van der Waals surface area contributed by atoms with Gasteiger partial charge >= 0.3 is 5.97 Å². The third kappa shape index (κ3) is 6.39. The molecule has 0 spiro atoms. The summed E-state index contributed by atoms with van der Waals surface area (Å²) in [7, 11) is 0. The Kier molecular flexibility index (Phi) is 8.00. The van der Waals surface area contributed by atoms with E-state index in [0.29, 0.717) is 12.0 Å². The zero-order chi connectivity index (χ0) is 24.6. The molecule has 0 radical (unpaired) electrons. The van der Waals surface area contributed by atoms with Gasteiger partial charge in [-0.25, -0.2) is 4.79 Å². The van der Waals surface area contributed by atoms with Crippen LogP contribution in [-0.4, -0.2) is 38.9 Å². The minimum atomic E-state index is -1.10. The summed E-state index contributed by atoms with van der Waals surface area (Å²) in [6.45, 7) is 0. The first-order valence-electron chi connectivity index (χ1n) is 11.4. The molecular formula is C28H26N2O4S. The second kappa shape index (κ2) is 11.5. The van der Waals surface area contributed by atoms with E-state index in [0.717, 1.165) is 33.8 Å². The minimum absolute atomic E-state index is 0.120. The molecule has 4 rings (SSSR count). The summed E-state index contributed by atoms with van der Waals surface area (Å²) in [6.07, 6.45) is 2.34. The van der Waals surface area contributed by atoms with Crippen LogP contribution in [0.3, 0.4) is 0 Å². The van der Waals surface area contributed by atoms with Crippen LogP contribution in [0.5, 0.6) is 0 Å². The van der Waals surface area contributed by atoms with Gasteiger partial charge in [0, 0.05) is 34.8 Å². The van der Waals surface area contributed by atoms with Crippen molar-refractivity contribution in [2.75, 3.05) is 5.75 Å². The van der Waals surface area contributed by atoms with Gasteiger partial charge in [-0.1, -0.05) is 90.6 Å². The molecule has 2 atom stereocenters. The van der Waals surface area contributed by atoms with E-state index in [1.165, 1.54) is 0 Å². The number of hydrogen-bond donors (Lipinski definition) is 3. The first-order valence-corrected chi connectivity index (χ1v) is 12.3. The number of carbonyl (C=O) groups excluding carboxylic acids is 2. The Morgan fingerprint density at radius 3 is 2.23 bits per heavy atom. The third-order valence-electron chi connectivity index (χ3n) is 5.83. The van der Waals surface area contributed by atoms with E-state index in [4.69, 9.17) is 0 Å². The van der Waals surface area contributed by atoms with Crippen molar-refractivity contribution in [3.8, 4) is 0 Å². The van der Waals surface area contributed by atoms with Crippen molar-refractivity contribution in [1.82, 2.24) is 10.3 Å². The smallest absolute Gasteiger partial charge is 0.326 e. The van der Waals surface area contributed by atoms with Crippen molar-refractivity contribution in [2.24, 2.45) is 5.92 Å². The summed E-state index contributed by atoms with van der Waals surface area (Å²) in [4.78, 5) is 41.1. The summed E-state index contributed by atoms with van der Waals surface area (Å²) in [5.74, 6) is -1.81. The predicted molar refractivity (Wildman–Crippen MR) is 138 cm³/mol. The average molecular weight is 487 g/mol. The highest BCUT2D eigenvalue weighted by Crippen LogP contribution is 2.21. The number of para-hydroxylation sites is 1. The molecule has 0 fully saturated rings. The molecule has 1 aromatic heterocycles. The molecule has 0 saturated heterocycles. The molecular weight excluding hydrogens is 460 g/mol. The van der Waals surface area contributed by atoms with Gasteiger partial charge in [-0.05, 0) is 23.6 Å². The summed E-state index contributed by atoms with van der Waals surface area (Å²) in [5.41, 5.74) is 3.25. The van der Waals surface area contributed by atoms with Crippen molar-refractivity contribution in [1.29, 1.82) is 0 Å². The molecule has 35 heavy (non-hydrogen) atoms. The maximum absolute atomic E-state index is 13.3. The number of aromatic amines is 1. The summed E-state index contributed by atoms with van der Waals surface area (Å²) in [5, 5.41) is 13.4. The third-order valence-corrected chi connectivity index (χ3v) is 6.90. The maximum Gasteiger partial charge on any atom is 0.326 e. The predicted octanol–water partition coefficient (Wildman–Crippen LogP) is 4.71. The van der Waals surface area contributed by atoms with E-state index >= 15 is 0 Å². The van der Waals surface area contributed by atoms with Crippen LogP contribution in [0.4, 0.5) is 0 Å². The number of carbonyl (C=O) groups is 3. The molecule has 3 N–H and O–H groups in total. The number of fused-ring (bicyclic) bond motifs is 1. The van der Waals surface area contributed by atoms with E-state index in [9.17, 15) is 19.5 Å². The Bertz CT molecular complexity index is 1300. The number of rotatable bonds is 10. The zero-order valence-corrected chi connectivity index (χ0v) is 19.8. The van der Waals surface area contributed by atoms with Gasteiger partial charge in [0.15, 0.2) is 0 Å². The molecule has 0 aliphatic carbocycles. The van der Waals surface area contributed by atoms with Crippen LogP contribution >= 0.6 is 11.8 Å². The van der Waals surface area contributed by atoms with Crippen LogP contribution in [0.1, 0.15) is 21.5 Å². The Hall–Kier alpha value is -3.84. The summed E-state index contributed by atoms with van der Waals surface area (Å²) >= 11 is 1.08. The first-order chi connectivity index (χ1) is 17.0. The molecule has 4 aromatic rings. The van der Waals surface area contributed by atoms with Gasteiger partial charge in [-0.3, -0.25) is 9.59 Å². The van der Waals surface area contributed by atoms with Gasteiger partial charge in [0.2, 0.25) is 11.0 Å². The number of carboxylic acid groups (broad SMARTS) is 1. The van der Waals surface area contributed by atoms with Crippen molar-refractivity contribution in [3.05, 3.63) is 108 Å². The van der Waals surface area contributed by atoms with Crippen molar-refractivity contribution in [3.63, 3.8) is 0 Å². The van der Waals surface area contributed by atoms with Gasteiger partial charge in [0.05, 0.1) is 5.92 Å². The van der Waals surface area contributed by atoms with Gasteiger partial charge in [0.1, 0.15) is 6.04 Å². The van der Waals surface area contributed by atoms with Gasteiger partial charge in [0.25, 0.3) is 0 Å². The molecule has 1 heterocycles. The normalized spacial score (nSPS) is 12.7. The van der Waals surface area contributed by atoms with Crippen LogP contribution in [0.25, 0.3) is 10.9 Å². The first kappa shape index (κ1) is 24.3. The number of carboxylic acids is 1. The maximum atomic E-state index is 13.3. The van der Waals surface area contributed by atoms with Crippen molar-refractivity contribution >= 4 is 39.7 Å². The second-order valence-corrected chi connectivity index (χ2v) is 9.31. The van der Waals surface area contributed by atoms with Crippen LogP contribution in [0, 0.1) is 5.92 Å². The number of aromatic nitrogens is 1. The molecule has 0 bridgehead atoms. The SMILES string of the molecule is O=C(SC[C@@H](Cc1ccccc1)C(=O)N[C@@H](Cc1c[nH]c2ccccc12)C(=O)O)c1ccccc1. The molecule has 0 aliphatic heterocycles. The largest absolute Gasteiger partial charge is 0.480 e. The highest BCUT2D eigenvalue weighted by Gasteiger charge is 2.27. The van der Waals surface area contributed by atoms with Crippen LogP contribution < -0.4 is 5.32 Å². The fourth-order valence-corrected chi connectivity index (χ4v) is 4.89. The number of aliphatic carboxylic acids is 1. The van der Waals surface area contributed by atoms with E-state index < -0.39 is 17.9 Å². The topological polar surface area (TPSA) is 99.3 Å². The molecule has 6 nitrogen and oxygen atoms in total. The monoisotopic (exact) mass is 486 g/mol. The second-order valence-electron chi connectivity index (χ2n) is 8.31. The average Bonchev–Trinajstić information content (AvgIpc) is 3.29. The fourth-order valence-electron chi connectivity index (χ4n) is 3.97. The van der Waals surface area contributed by atoms with Gasteiger partial charge in [-0.15, -0.1) is 0 Å². The lowest BCUT2D eigenvalue weighted by atomic mass is 9.99. The van der Waals surface area contributed by atoms with Crippen LogP contribution in [0.15, 0.2) is 91.1 Å². The number of benzene rings is 3. The molecule has 7 heteroatoms. The Labute approximate surface area is 207 Å². The van der Waals surface area contributed by atoms with E-state index in [-0.39, 0.29) is 23.2 Å². The molecule has 0 aliphatic rings. The van der Waals surface area contributed by atoms with E-state index in [2.05, 4.69) is 10.3 Å². The molecule has 3 aromatic carbocycles. The Morgan fingerprint density at radius 1 is 0.857 bits per heavy atom. The van der Waals surface area contributed by atoms with Crippen LogP contribution in [0.2, 0.25) is 0 Å². The highest BCUT2D eigenvalue weighted by atomic mass is 32.2. The molecule has 178 valence electrons. The van der Waals surface area contributed by atoms with Crippen LogP contribution in [-0.2, 0) is 22.4 Å². The Balaban J connectivity index is 1.48. The van der Waals surface area contributed by atoms with E-state index in [1.54, 1.807) is 30.5 Å². The number of thioether (sulfide) groups is 1. The number of amides is 1. The van der Waals surface area contributed by atoms with E-state index in [1.807, 2.05) is 60.7 Å². The molecule has 1 amide bonds. The van der Waals surface area contributed by atoms with Gasteiger partial charge < -0.3 is 15.4 Å². The highest BCUT2D eigenvalue weighted by molar-refractivity contribution is 8.14. The van der Waals surface area contributed by atoms with Crippen molar-refractivity contribution < 1.29 is 19.5 Å². The zero-order valence-electron chi connectivity index (χ0n) is 19.0. The summed E-state index contributed by atoms with van der Waals surface area (Å²) in [6, 6.07) is 25.0.